The lowest BCUT2D eigenvalue weighted by atomic mass is 10.1. The Labute approximate surface area is 134 Å². The van der Waals surface area contributed by atoms with Gasteiger partial charge in [-0.15, -0.1) is 0 Å². The first kappa shape index (κ1) is 16.8. The number of aliphatic hydroxyl groups excluding tert-OH is 1. The van der Waals surface area contributed by atoms with Gasteiger partial charge in [0.1, 0.15) is 17.1 Å². The maximum absolute atomic E-state index is 12.5. The monoisotopic (exact) mass is 317 g/mol. The van der Waals surface area contributed by atoms with Crippen LogP contribution >= 0.6 is 0 Å². The number of pyridine rings is 1. The highest BCUT2D eigenvalue weighted by molar-refractivity contribution is 5.97. The normalized spacial score (nSPS) is 10.2. The fraction of sp³-hybridized carbons (Fsp3) is 0.294. The predicted octanol–water partition coefficient (Wildman–Crippen LogP) is 2.24. The number of rotatable bonds is 7. The van der Waals surface area contributed by atoms with Gasteiger partial charge in [0.2, 0.25) is 0 Å². The average molecular weight is 317 g/mol. The molecule has 0 aliphatic heterocycles. The topological polar surface area (TPSA) is 77.9 Å². The SMILES string of the molecule is COc1cccc(OC)c1C(=O)Oc1cnccc1CCCO. The van der Waals surface area contributed by atoms with Crippen molar-refractivity contribution in [2.75, 3.05) is 20.8 Å². The number of carbonyl (C=O) groups is 1. The molecule has 122 valence electrons. The molecule has 0 saturated heterocycles. The number of ether oxygens (including phenoxy) is 3. The van der Waals surface area contributed by atoms with Crippen LogP contribution in [-0.4, -0.2) is 36.9 Å². The number of aromatic nitrogens is 1. The van der Waals surface area contributed by atoms with Crippen LogP contribution in [-0.2, 0) is 6.42 Å². The lowest BCUT2D eigenvalue weighted by Crippen LogP contribution is -2.13. The van der Waals surface area contributed by atoms with E-state index < -0.39 is 5.97 Å². The zero-order chi connectivity index (χ0) is 16.7. The Morgan fingerprint density at radius 2 is 1.83 bits per heavy atom. The molecule has 0 spiro atoms. The molecule has 6 nitrogen and oxygen atoms in total. The van der Waals surface area contributed by atoms with Gasteiger partial charge < -0.3 is 19.3 Å². The smallest absolute Gasteiger partial charge is 0.351 e. The maximum atomic E-state index is 12.5. The molecule has 6 heteroatoms. The first-order valence-electron chi connectivity index (χ1n) is 7.18. The van der Waals surface area contributed by atoms with Gasteiger partial charge in [0.05, 0.1) is 20.4 Å². The molecule has 23 heavy (non-hydrogen) atoms. The summed E-state index contributed by atoms with van der Waals surface area (Å²) in [7, 11) is 2.95. The summed E-state index contributed by atoms with van der Waals surface area (Å²) in [6.45, 7) is 0.0655. The molecular weight excluding hydrogens is 298 g/mol. The zero-order valence-electron chi connectivity index (χ0n) is 13.1. The number of hydrogen-bond donors (Lipinski definition) is 1. The second kappa shape index (κ2) is 8.14. The summed E-state index contributed by atoms with van der Waals surface area (Å²) in [6.07, 6.45) is 4.26. The molecule has 1 heterocycles. The quantitative estimate of drug-likeness (QED) is 0.789. The second-order valence-corrected chi connectivity index (χ2v) is 4.74. The Balaban J connectivity index is 2.30. The van der Waals surface area contributed by atoms with Crippen LogP contribution in [0, 0.1) is 0 Å². The zero-order valence-corrected chi connectivity index (χ0v) is 13.1. The highest BCUT2D eigenvalue weighted by Crippen LogP contribution is 2.30. The van der Waals surface area contributed by atoms with Crippen molar-refractivity contribution in [1.82, 2.24) is 4.98 Å². The van der Waals surface area contributed by atoms with E-state index in [-0.39, 0.29) is 12.2 Å². The Morgan fingerprint density at radius 1 is 1.13 bits per heavy atom. The number of carbonyl (C=O) groups excluding carboxylic acids is 1. The average Bonchev–Trinajstić information content (AvgIpc) is 2.60. The second-order valence-electron chi connectivity index (χ2n) is 4.74. The molecule has 0 radical (unpaired) electrons. The Hall–Kier alpha value is -2.60. The van der Waals surface area contributed by atoms with Crippen molar-refractivity contribution < 1.29 is 24.1 Å². The first-order valence-corrected chi connectivity index (χ1v) is 7.18. The van der Waals surface area contributed by atoms with E-state index in [1.54, 1.807) is 30.5 Å². The van der Waals surface area contributed by atoms with Gasteiger partial charge in [0.15, 0.2) is 5.75 Å². The van der Waals surface area contributed by atoms with E-state index in [1.165, 1.54) is 20.4 Å². The van der Waals surface area contributed by atoms with Crippen molar-refractivity contribution in [1.29, 1.82) is 0 Å². The maximum Gasteiger partial charge on any atom is 0.351 e. The van der Waals surface area contributed by atoms with Gasteiger partial charge in [0.25, 0.3) is 0 Å². The number of aliphatic hydroxyl groups is 1. The first-order chi connectivity index (χ1) is 11.2. The van der Waals surface area contributed by atoms with Crippen molar-refractivity contribution in [3.8, 4) is 17.2 Å². The molecule has 0 amide bonds. The van der Waals surface area contributed by atoms with Crippen LogP contribution in [0.2, 0.25) is 0 Å². The molecule has 0 saturated carbocycles. The third-order valence-corrected chi connectivity index (χ3v) is 3.31. The van der Waals surface area contributed by atoms with Crippen molar-refractivity contribution >= 4 is 5.97 Å². The molecular formula is C17H19NO5. The number of hydrogen-bond acceptors (Lipinski definition) is 6. The van der Waals surface area contributed by atoms with Gasteiger partial charge >= 0.3 is 5.97 Å². The summed E-state index contributed by atoms with van der Waals surface area (Å²) in [5.41, 5.74) is 1.02. The van der Waals surface area contributed by atoms with E-state index in [0.717, 1.165) is 5.56 Å². The van der Waals surface area contributed by atoms with E-state index in [1.807, 2.05) is 0 Å². The van der Waals surface area contributed by atoms with Crippen LogP contribution in [0.4, 0.5) is 0 Å². The molecule has 0 bridgehead atoms. The van der Waals surface area contributed by atoms with Gasteiger partial charge in [-0.2, -0.15) is 0 Å². The van der Waals surface area contributed by atoms with Gasteiger partial charge in [-0.3, -0.25) is 4.98 Å². The summed E-state index contributed by atoms with van der Waals surface area (Å²) in [5.74, 6) is 0.516. The molecule has 2 aromatic rings. The van der Waals surface area contributed by atoms with Gasteiger partial charge in [-0.05, 0) is 36.6 Å². The number of esters is 1. The Bertz CT molecular complexity index is 650. The van der Waals surface area contributed by atoms with E-state index in [2.05, 4.69) is 4.98 Å². The molecule has 0 aliphatic carbocycles. The highest BCUT2D eigenvalue weighted by Gasteiger charge is 2.21. The van der Waals surface area contributed by atoms with Crippen molar-refractivity contribution in [3.63, 3.8) is 0 Å². The Kier molecular flexibility index (Phi) is 5.94. The van der Waals surface area contributed by atoms with Crippen molar-refractivity contribution in [2.45, 2.75) is 12.8 Å². The van der Waals surface area contributed by atoms with E-state index in [9.17, 15) is 4.79 Å². The molecule has 2 rings (SSSR count). The molecule has 1 aromatic heterocycles. The molecule has 0 unspecified atom stereocenters. The summed E-state index contributed by atoms with van der Waals surface area (Å²) in [6, 6.07) is 6.81. The summed E-state index contributed by atoms with van der Waals surface area (Å²) < 4.78 is 15.9. The van der Waals surface area contributed by atoms with Crippen LogP contribution in [0.25, 0.3) is 0 Å². The van der Waals surface area contributed by atoms with Gasteiger partial charge in [0, 0.05) is 12.8 Å². The summed E-state index contributed by atoms with van der Waals surface area (Å²) >= 11 is 0. The van der Waals surface area contributed by atoms with E-state index >= 15 is 0 Å². The minimum atomic E-state index is -0.586. The fourth-order valence-electron chi connectivity index (χ4n) is 2.18. The van der Waals surface area contributed by atoms with Crippen LogP contribution in [0.1, 0.15) is 22.3 Å². The number of methoxy groups -OCH3 is 2. The standard InChI is InChI=1S/C17H19NO5/c1-21-13-6-3-7-14(22-2)16(13)17(20)23-15-11-18-9-8-12(15)5-4-10-19/h3,6-9,11,19H,4-5,10H2,1-2H3. The third kappa shape index (κ3) is 3.98. The number of nitrogens with zero attached hydrogens (tertiary/aromatic N) is 1. The minimum Gasteiger partial charge on any atom is -0.496 e. The van der Waals surface area contributed by atoms with E-state index in [0.29, 0.717) is 30.1 Å². The minimum absolute atomic E-state index is 0.0655. The lowest BCUT2D eigenvalue weighted by Gasteiger charge is -2.13. The molecule has 0 aliphatic rings. The molecule has 0 fully saturated rings. The lowest BCUT2D eigenvalue weighted by molar-refractivity contribution is 0.0725. The highest BCUT2D eigenvalue weighted by atomic mass is 16.5. The largest absolute Gasteiger partial charge is 0.496 e. The third-order valence-electron chi connectivity index (χ3n) is 3.31. The van der Waals surface area contributed by atoms with Crippen LogP contribution in [0.3, 0.4) is 0 Å². The van der Waals surface area contributed by atoms with Crippen molar-refractivity contribution in [3.05, 3.63) is 47.8 Å². The Morgan fingerprint density at radius 3 is 2.43 bits per heavy atom. The number of aryl methyl sites for hydroxylation is 1. The van der Waals surface area contributed by atoms with E-state index in [4.69, 9.17) is 19.3 Å². The summed E-state index contributed by atoms with van der Waals surface area (Å²) in [4.78, 5) is 16.5. The van der Waals surface area contributed by atoms with Crippen LogP contribution < -0.4 is 14.2 Å². The fourth-order valence-corrected chi connectivity index (χ4v) is 2.18. The van der Waals surface area contributed by atoms with Gasteiger partial charge in [-0.25, -0.2) is 4.79 Å². The van der Waals surface area contributed by atoms with Crippen molar-refractivity contribution in [2.24, 2.45) is 0 Å². The predicted molar refractivity (Wildman–Crippen MR) is 84.1 cm³/mol. The molecule has 0 atom stereocenters. The molecule has 1 aromatic carbocycles. The molecule has 1 N–H and O–H groups in total. The summed E-state index contributed by atoms with van der Waals surface area (Å²) in [5, 5.41) is 8.96. The van der Waals surface area contributed by atoms with Crippen LogP contribution in [0.5, 0.6) is 17.2 Å². The number of benzene rings is 1. The van der Waals surface area contributed by atoms with Crippen LogP contribution in [0.15, 0.2) is 36.7 Å². The van der Waals surface area contributed by atoms with Gasteiger partial charge in [-0.1, -0.05) is 6.07 Å².